The molecule has 1 aromatic carbocycles. The third-order valence-electron chi connectivity index (χ3n) is 3.14. The smallest absolute Gasteiger partial charge is 0.133 e. The van der Waals surface area contributed by atoms with Crippen molar-refractivity contribution in [1.82, 2.24) is 9.97 Å². The number of hydrogen-bond acceptors (Lipinski definition) is 3. The molecule has 0 saturated heterocycles. The van der Waals surface area contributed by atoms with Gasteiger partial charge in [0.1, 0.15) is 18.0 Å². The molecule has 0 saturated carbocycles. The van der Waals surface area contributed by atoms with Crippen LogP contribution in [0.4, 0.5) is 10.2 Å². The number of aromatic nitrogens is 2. The maximum absolute atomic E-state index is 13.6. The monoisotopic (exact) mass is 307 g/mol. The highest BCUT2D eigenvalue weighted by Gasteiger charge is 2.17. The lowest BCUT2D eigenvalue weighted by Gasteiger charge is -2.17. The predicted octanol–water partition coefficient (Wildman–Crippen LogP) is 4.88. The Hall–Kier alpha value is -1.68. The molecule has 2 rings (SSSR count). The minimum absolute atomic E-state index is 0.211. The van der Waals surface area contributed by atoms with Crippen LogP contribution in [0.2, 0.25) is 5.02 Å². The molecule has 0 aliphatic heterocycles. The van der Waals surface area contributed by atoms with Crippen molar-refractivity contribution in [3.63, 3.8) is 0 Å². The van der Waals surface area contributed by atoms with E-state index in [9.17, 15) is 4.39 Å². The molecule has 1 N–H and O–H groups in total. The first kappa shape index (κ1) is 15.7. The van der Waals surface area contributed by atoms with Crippen molar-refractivity contribution in [2.45, 2.75) is 33.1 Å². The van der Waals surface area contributed by atoms with E-state index in [1.807, 2.05) is 0 Å². The van der Waals surface area contributed by atoms with Crippen LogP contribution >= 0.6 is 11.6 Å². The van der Waals surface area contributed by atoms with Gasteiger partial charge in [0.15, 0.2) is 0 Å². The summed E-state index contributed by atoms with van der Waals surface area (Å²) in [6, 6.07) is 4.46. The second kappa shape index (κ2) is 6.85. The lowest BCUT2D eigenvalue weighted by molar-refractivity contribution is 0.628. The van der Waals surface area contributed by atoms with Gasteiger partial charge in [-0.1, -0.05) is 32.4 Å². The fraction of sp³-hybridized carbons (Fsp3) is 0.375. The Morgan fingerprint density at radius 1 is 1.24 bits per heavy atom. The molecular formula is C16H19ClFN3. The molecule has 0 bridgehead atoms. The van der Waals surface area contributed by atoms with Crippen LogP contribution in [0, 0.1) is 5.82 Å². The summed E-state index contributed by atoms with van der Waals surface area (Å²) in [5.41, 5.74) is 2.37. The van der Waals surface area contributed by atoms with Gasteiger partial charge in [0.2, 0.25) is 0 Å². The zero-order chi connectivity index (χ0) is 15.4. The molecule has 3 nitrogen and oxygen atoms in total. The maximum Gasteiger partial charge on any atom is 0.133 e. The second-order valence-electron chi connectivity index (χ2n) is 5.22. The first-order valence-electron chi connectivity index (χ1n) is 7.08. The van der Waals surface area contributed by atoms with E-state index in [4.69, 9.17) is 11.6 Å². The van der Waals surface area contributed by atoms with Crippen molar-refractivity contribution in [2.24, 2.45) is 0 Å². The van der Waals surface area contributed by atoms with Gasteiger partial charge in [-0.05, 0) is 30.5 Å². The summed E-state index contributed by atoms with van der Waals surface area (Å²) in [5.74, 6) is 0.647. The third-order valence-corrected chi connectivity index (χ3v) is 3.36. The first-order valence-corrected chi connectivity index (χ1v) is 7.46. The van der Waals surface area contributed by atoms with Gasteiger partial charge in [-0.3, -0.25) is 0 Å². The van der Waals surface area contributed by atoms with Gasteiger partial charge in [-0.15, -0.1) is 0 Å². The Labute approximate surface area is 129 Å². The molecule has 0 radical (unpaired) electrons. The zero-order valence-electron chi connectivity index (χ0n) is 12.5. The zero-order valence-corrected chi connectivity index (χ0v) is 13.2. The number of rotatable bonds is 5. The highest BCUT2D eigenvalue weighted by Crippen LogP contribution is 2.33. The Balaban J connectivity index is 2.56. The topological polar surface area (TPSA) is 37.8 Å². The number of benzene rings is 1. The van der Waals surface area contributed by atoms with Crippen molar-refractivity contribution < 1.29 is 4.39 Å². The summed E-state index contributed by atoms with van der Waals surface area (Å²) in [4.78, 5) is 8.66. The van der Waals surface area contributed by atoms with Crippen molar-refractivity contribution >= 4 is 17.4 Å². The Bertz CT molecular complexity index is 609. The molecule has 0 atom stereocenters. The Kier molecular flexibility index (Phi) is 5.12. The summed E-state index contributed by atoms with van der Waals surface area (Å²) in [7, 11) is 0. The molecule has 21 heavy (non-hydrogen) atoms. The largest absolute Gasteiger partial charge is 0.370 e. The summed E-state index contributed by atoms with van der Waals surface area (Å²) >= 11 is 5.96. The standard InChI is InChI=1S/C16H19ClFN3/c1-4-5-19-16-14(10(2)3)15(20-9-21-16)11-6-12(17)8-13(18)7-11/h6-10H,4-5H2,1-3H3,(H,19,20,21). The number of anilines is 1. The number of nitrogens with zero attached hydrogens (tertiary/aromatic N) is 2. The molecule has 0 unspecified atom stereocenters. The lowest BCUT2D eigenvalue weighted by atomic mass is 9.97. The summed E-state index contributed by atoms with van der Waals surface area (Å²) < 4.78 is 13.6. The van der Waals surface area contributed by atoms with E-state index in [-0.39, 0.29) is 11.7 Å². The van der Waals surface area contributed by atoms with E-state index >= 15 is 0 Å². The summed E-state index contributed by atoms with van der Waals surface area (Å²) in [5, 5.41) is 3.67. The van der Waals surface area contributed by atoms with Crippen molar-refractivity contribution in [2.75, 3.05) is 11.9 Å². The number of halogens is 2. The van der Waals surface area contributed by atoms with Crippen molar-refractivity contribution in [1.29, 1.82) is 0 Å². The van der Waals surface area contributed by atoms with E-state index < -0.39 is 0 Å². The molecule has 2 aromatic rings. The van der Waals surface area contributed by atoms with Crippen LogP contribution in [-0.4, -0.2) is 16.5 Å². The molecule has 0 aliphatic rings. The van der Waals surface area contributed by atoms with Crippen LogP contribution < -0.4 is 5.32 Å². The summed E-state index contributed by atoms with van der Waals surface area (Å²) in [6.45, 7) is 7.07. The summed E-state index contributed by atoms with van der Waals surface area (Å²) in [6.07, 6.45) is 2.50. The van der Waals surface area contributed by atoms with Crippen LogP contribution in [0.15, 0.2) is 24.5 Å². The Morgan fingerprint density at radius 2 is 2.00 bits per heavy atom. The predicted molar refractivity (Wildman–Crippen MR) is 85.3 cm³/mol. The van der Waals surface area contributed by atoms with Crippen LogP contribution in [-0.2, 0) is 0 Å². The molecule has 5 heteroatoms. The normalized spacial score (nSPS) is 11.0. The molecule has 0 amide bonds. The molecule has 1 heterocycles. The first-order chi connectivity index (χ1) is 10.0. The highest BCUT2D eigenvalue weighted by atomic mass is 35.5. The minimum Gasteiger partial charge on any atom is -0.370 e. The van der Waals surface area contributed by atoms with Gasteiger partial charge in [0.05, 0.1) is 5.69 Å². The Morgan fingerprint density at radius 3 is 2.62 bits per heavy atom. The van der Waals surface area contributed by atoms with E-state index in [0.29, 0.717) is 10.6 Å². The minimum atomic E-state index is -0.367. The number of hydrogen-bond donors (Lipinski definition) is 1. The van der Waals surface area contributed by atoms with Crippen molar-refractivity contribution in [3.8, 4) is 11.3 Å². The lowest BCUT2D eigenvalue weighted by Crippen LogP contribution is -2.09. The molecular weight excluding hydrogens is 289 g/mol. The van der Waals surface area contributed by atoms with Gasteiger partial charge in [0.25, 0.3) is 0 Å². The fourth-order valence-electron chi connectivity index (χ4n) is 2.25. The highest BCUT2D eigenvalue weighted by molar-refractivity contribution is 6.30. The van der Waals surface area contributed by atoms with Crippen LogP contribution in [0.3, 0.4) is 0 Å². The van der Waals surface area contributed by atoms with Gasteiger partial charge < -0.3 is 5.32 Å². The second-order valence-corrected chi connectivity index (χ2v) is 5.66. The van der Waals surface area contributed by atoms with Gasteiger partial charge in [-0.2, -0.15) is 0 Å². The average molecular weight is 308 g/mol. The SMILES string of the molecule is CCCNc1ncnc(-c2cc(F)cc(Cl)c2)c1C(C)C. The maximum atomic E-state index is 13.6. The molecule has 0 aliphatic carbocycles. The van der Waals surface area contributed by atoms with Gasteiger partial charge >= 0.3 is 0 Å². The van der Waals surface area contributed by atoms with Crippen LogP contribution in [0.25, 0.3) is 11.3 Å². The molecule has 0 fully saturated rings. The molecule has 1 aromatic heterocycles. The average Bonchev–Trinajstić information content (AvgIpc) is 2.43. The van der Waals surface area contributed by atoms with Gasteiger partial charge in [-0.25, -0.2) is 14.4 Å². The fourth-order valence-corrected chi connectivity index (χ4v) is 2.47. The molecule has 0 spiro atoms. The quantitative estimate of drug-likeness (QED) is 0.855. The van der Waals surface area contributed by atoms with E-state index in [1.165, 1.54) is 18.5 Å². The van der Waals surface area contributed by atoms with Crippen molar-refractivity contribution in [3.05, 3.63) is 40.9 Å². The van der Waals surface area contributed by atoms with E-state index in [0.717, 1.165) is 30.0 Å². The van der Waals surface area contributed by atoms with Crippen LogP contribution in [0.1, 0.15) is 38.7 Å². The van der Waals surface area contributed by atoms with Gasteiger partial charge in [0, 0.05) is 22.7 Å². The molecule has 112 valence electrons. The van der Waals surface area contributed by atoms with Crippen LogP contribution in [0.5, 0.6) is 0 Å². The number of nitrogens with one attached hydrogen (secondary N) is 1. The van der Waals surface area contributed by atoms with E-state index in [2.05, 4.69) is 36.1 Å². The third kappa shape index (κ3) is 3.70. The van der Waals surface area contributed by atoms with E-state index in [1.54, 1.807) is 6.07 Å².